The number of hydrogen-bond donors (Lipinski definition) is 1. The zero-order chi connectivity index (χ0) is 27.4. The SMILES string of the molecule is CC(C)(C)C(C(=O)OOC(=O)C(F)(F)F)N1CCC(N2CCN(c3ccc(/C=N/N)cc3Br)CC2)CC1. The molecule has 2 heterocycles. The van der Waals surface area contributed by atoms with Crippen LogP contribution in [0.2, 0.25) is 0 Å². The van der Waals surface area contributed by atoms with E-state index in [0.29, 0.717) is 19.1 Å². The molecule has 0 aromatic heterocycles. The van der Waals surface area contributed by atoms with Gasteiger partial charge in [-0.05, 0) is 51.9 Å². The average molecular weight is 592 g/mol. The van der Waals surface area contributed by atoms with Crippen molar-refractivity contribution in [1.82, 2.24) is 9.80 Å². The van der Waals surface area contributed by atoms with Crippen molar-refractivity contribution >= 4 is 39.8 Å². The van der Waals surface area contributed by atoms with Crippen molar-refractivity contribution in [1.29, 1.82) is 0 Å². The second-order valence-electron chi connectivity index (χ2n) is 10.3. The first kappa shape index (κ1) is 29.2. The quantitative estimate of drug-likeness (QED) is 0.241. The van der Waals surface area contributed by atoms with Crippen molar-refractivity contribution in [3.8, 4) is 0 Å². The first-order valence-corrected chi connectivity index (χ1v) is 12.9. The maximum atomic E-state index is 12.6. The highest BCUT2D eigenvalue weighted by Gasteiger charge is 2.45. The lowest BCUT2D eigenvalue weighted by Gasteiger charge is -2.46. The van der Waals surface area contributed by atoms with Crippen LogP contribution in [0.25, 0.3) is 0 Å². The maximum absolute atomic E-state index is 12.6. The Kier molecular flexibility index (Phi) is 9.46. The first-order valence-electron chi connectivity index (χ1n) is 12.1. The molecule has 2 aliphatic rings. The number of nitrogens with zero attached hydrogens (tertiary/aromatic N) is 4. The molecule has 2 aliphatic heterocycles. The number of anilines is 1. The molecule has 0 spiro atoms. The highest BCUT2D eigenvalue weighted by atomic mass is 79.9. The number of halogens is 4. The topological polar surface area (TPSA) is 101 Å². The van der Waals surface area contributed by atoms with Crippen molar-refractivity contribution in [3.05, 3.63) is 28.2 Å². The molecule has 1 unspecified atom stereocenters. The number of likely N-dealkylation sites (tertiary alicyclic amines) is 1. The normalized spacial score (nSPS) is 19.7. The summed E-state index contributed by atoms with van der Waals surface area (Å²) >= 11 is 3.64. The van der Waals surface area contributed by atoms with Gasteiger partial charge in [0.2, 0.25) is 0 Å². The lowest BCUT2D eigenvalue weighted by Crippen LogP contribution is -2.57. The largest absolute Gasteiger partial charge is 0.495 e. The van der Waals surface area contributed by atoms with Crippen LogP contribution in [0, 0.1) is 5.41 Å². The van der Waals surface area contributed by atoms with Crippen LogP contribution in [0.5, 0.6) is 0 Å². The van der Waals surface area contributed by atoms with Crippen LogP contribution in [0.1, 0.15) is 39.2 Å². The number of hydrogen-bond acceptors (Lipinski definition) is 9. The van der Waals surface area contributed by atoms with Gasteiger partial charge in [-0.3, -0.25) is 9.80 Å². The van der Waals surface area contributed by atoms with Crippen LogP contribution in [-0.2, 0) is 19.4 Å². The Hall–Kier alpha value is -2.38. The Bertz CT molecular complexity index is 986. The van der Waals surface area contributed by atoms with Gasteiger partial charge in [-0.25, -0.2) is 19.4 Å². The average Bonchev–Trinajstić information content (AvgIpc) is 2.82. The predicted octanol–water partition coefficient (Wildman–Crippen LogP) is 3.31. The fraction of sp³-hybridized carbons (Fsp3) is 0.625. The van der Waals surface area contributed by atoms with Gasteiger partial charge >= 0.3 is 18.1 Å². The Morgan fingerprint density at radius 1 is 1.08 bits per heavy atom. The number of benzene rings is 1. The van der Waals surface area contributed by atoms with Gasteiger partial charge in [-0.15, -0.1) is 0 Å². The van der Waals surface area contributed by atoms with E-state index in [1.165, 1.54) is 0 Å². The summed E-state index contributed by atoms with van der Waals surface area (Å²) in [5, 5.41) is 3.56. The van der Waals surface area contributed by atoms with Crippen LogP contribution in [0.3, 0.4) is 0 Å². The van der Waals surface area contributed by atoms with Crippen LogP contribution < -0.4 is 10.7 Å². The van der Waals surface area contributed by atoms with Gasteiger partial charge in [-0.1, -0.05) is 26.8 Å². The Balaban J connectivity index is 1.53. The van der Waals surface area contributed by atoms with Crippen LogP contribution >= 0.6 is 15.9 Å². The molecule has 13 heteroatoms. The molecule has 9 nitrogen and oxygen atoms in total. The molecule has 37 heavy (non-hydrogen) atoms. The van der Waals surface area contributed by atoms with Crippen LogP contribution in [0.15, 0.2) is 27.8 Å². The van der Waals surface area contributed by atoms with Crippen molar-refractivity contribution < 1.29 is 32.5 Å². The predicted molar refractivity (Wildman–Crippen MR) is 136 cm³/mol. The van der Waals surface area contributed by atoms with E-state index >= 15 is 0 Å². The summed E-state index contributed by atoms with van der Waals surface area (Å²) in [6.45, 7) is 10.0. The molecule has 0 radical (unpaired) electrons. The third kappa shape index (κ3) is 7.57. The highest BCUT2D eigenvalue weighted by Crippen LogP contribution is 2.31. The summed E-state index contributed by atoms with van der Waals surface area (Å²) in [4.78, 5) is 38.3. The van der Waals surface area contributed by atoms with Crippen LogP contribution in [-0.4, -0.2) is 85.5 Å². The summed E-state index contributed by atoms with van der Waals surface area (Å²) in [7, 11) is 0. The molecule has 2 N–H and O–H groups in total. The van der Waals surface area contributed by atoms with Crippen molar-refractivity contribution in [2.75, 3.05) is 44.2 Å². The number of rotatable bonds is 5. The molecule has 2 fully saturated rings. The standard InChI is InChI=1S/C24H33BrF3N5O4/c1-23(2,3)20(21(34)36-37-22(35)24(26,27)28)33-8-6-17(7-9-33)31-10-12-32(13-11-31)19-5-4-16(15-30-29)14-18(19)25/h4-5,14-15,17,20H,6-13,29H2,1-3H3/b30-15+. The number of piperidine rings is 1. The van der Waals surface area contributed by atoms with Crippen molar-refractivity contribution in [2.45, 2.75) is 51.9 Å². The zero-order valence-corrected chi connectivity index (χ0v) is 22.7. The lowest BCUT2D eigenvalue weighted by molar-refractivity contribution is -0.289. The second kappa shape index (κ2) is 12.0. The van der Waals surface area contributed by atoms with Gasteiger partial charge in [0, 0.05) is 49.8 Å². The van der Waals surface area contributed by atoms with E-state index in [-0.39, 0.29) is 0 Å². The summed E-state index contributed by atoms with van der Waals surface area (Å²) in [6, 6.07) is 5.49. The van der Waals surface area contributed by atoms with Gasteiger partial charge in [0.15, 0.2) is 0 Å². The summed E-state index contributed by atoms with van der Waals surface area (Å²) in [5.41, 5.74) is 1.39. The number of hydrazone groups is 1. The molecular formula is C24H33BrF3N5O4. The van der Waals surface area contributed by atoms with Gasteiger partial charge in [0.05, 0.1) is 11.9 Å². The molecule has 2 saturated heterocycles. The smallest absolute Gasteiger partial charge is 0.368 e. The number of carbonyl (C=O) groups excluding carboxylic acids is 2. The van der Waals surface area contributed by atoms with Crippen LogP contribution in [0.4, 0.5) is 18.9 Å². The number of piperazine rings is 1. The van der Waals surface area contributed by atoms with E-state index in [1.807, 2.05) is 23.1 Å². The molecule has 1 aromatic carbocycles. The number of nitrogens with two attached hydrogens (primary N) is 1. The number of carbonyl (C=O) groups is 2. The maximum Gasteiger partial charge on any atom is 0.495 e. The van der Waals surface area contributed by atoms with E-state index in [9.17, 15) is 22.8 Å². The molecule has 206 valence electrons. The van der Waals surface area contributed by atoms with Gasteiger partial charge in [0.25, 0.3) is 0 Å². The molecular weight excluding hydrogens is 559 g/mol. The molecule has 1 atom stereocenters. The summed E-state index contributed by atoms with van der Waals surface area (Å²) in [5.74, 6) is 1.67. The lowest BCUT2D eigenvalue weighted by atomic mass is 9.84. The molecule has 0 saturated carbocycles. The Morgan fingerprint density at radius 3 is 2.22 bits per heavy atom. The van der Waals surface area contributed by atoms with E-state index in [4.69, 9.17) is 5.84 Å². The van der Waals surface area contributed by atoms with E-state index in [0.717, 1.165) is 54.7 Å². The molecule has 3 rings (SSSR count). The Morgan fingerprint density at radius 2 is 1.70 bits per heavy atom. The van der Waals surface area contributed by atoms with E-state index < -0.39 is 29.6 Å². The first-order chi connectivity index (χ1) is 17.3. The fourth-order valence-electron chi connectivity index (χ4n) is 5.01. The molecule has 1 aromatic rings. The minimum absolute atomic E-state index is 0.338. The molecule has 0 amide bonds. The van der Waals surface area contributed by atoms with Gasteiger partial charge in [0.1, 0.15) is 6.04 Å². The molecule has 0 bridgehead atoms. The zero-order valence-electron chi connectivity index (χ0n) is 21.1. The second-order valence-corrected chi connectivity index (χ2v) is 11.2. The minimum Gasteiger partial charge on any atom is -0.368 e. The third-order valence-electron chi connectivity index (χ3n) is 6.71. The van der Waals surface area contributed by atoms with Gasteiger partial charge in [-0.2, -0.15) is 18.3 Å². The molecule has 0 aliphatic carbocycles. The monoisotopic (exact) mass is 591 g/mol. The van der Waals surface area contributed by atoms with Crippen molar-refractivity contribution in [3.63, 3.8) is 0 Å². The highest BCUT2D eigenvalue weighted by molar-refractivity contribution is 9.10. The van der Waals surface area contributed by atoms with Crippen molar-refractivity contribution in [2.24, 2.45) is 16.4 Å². The van der Waals surface area contributed by atoms with E-state index in [2.05, 4.69) is 40.6 Å². The minimum atomic E-state index is -5.24. The fourth-order valence-corrected chi connectivity index (χ4v) is 5.65. The number of alkyl halides is 3. The van der Waals surface area contributed by atoms with Gasteiger partial charge < -0.3 is 10.7 Å². The Labute approximate surface area is 222 Å². The third-order valence-corrected chi connectivity index (χ3v) is 7.34. The summed E-state index contributed by atoms with van der Waals surface area (Å²) in [6.07, 6.45) is -2.03. The summed E-state index contributed by atoms with van der Waals surface area (Å²) < 4.78 is 38.2. The van der Waals surface area contributed by atoms with E-state index in [1.54, 1.807) is 27.0 Å².